The van der Waals surface area contributed by atoms with Crippen LogP contribution in [-0.2, 0) is 4.74 Å². The van der Waals surface area contributed by atoms with Crippen molar-refractivity contribution in [2.45, 2.75) is 23.3 Å². The highest BCUT2D eigenvalue weighted by molar-refractivity contribution is 6.29. The van der Waals surface area contributed by atoms with E-state index in [0.29, 0.717) is 0 Å². The van der Waals surface area contributed by atoms with Crippen LogP contribution >= 0.6 is 11.6 Å². The average molecular weight is 182 g/mol. The number of rotatable bonds is 1. The van der Waals surface area contributed by atoms with Crippen molar-refractivity contribution in [1.82, 2.24) is 0 Å². The summed E-state index contributed by atoms with van der Waals surface area (Å²) in [6, 6.07) is -0.892. The molecule has 0 aliphatic carbocycles. The second-order valence-electron chi connectivity index (χ2n) is 2.62. The van der Waals surface area contributed by atoms with Crippen molar-refractivity contribution in [3.63, 3.8) is 0 Å². The summed E-state index contributed by atoms with van der Waals surface area (Å²) in [7, 11) is 1.41. The molecule has 0 spiro atoms. The summed E-state index contributed by atoms with van der Waals surface area (Å²) in [5.41, 5.74) is 0. The van der Waals surface area contributed by atoms with Crippen LogP contribution in [0.25, 0.3) is 0 Å². The number of hydrogen-bond acceptors (Lipinski definition) is 3. The SMILES string of the molecule is B[C@@H]1O[C@H](CO)[C@@H](O)[C@]1(F)Cl. The first-order valence-corrected chi connectivity index (χ1v) is 3.70. The molecular weight excluding hydrogens is 173 g/mol. The molecule has 0 unspecified atom stereocenters. The maximum atomic E-state index is 13.1. The van der Waals surface area contributed by atoms with Gasteiger partial charge < -0.3 is 14.9 Å². The van der Waals surface area contributed by atoms with Crippen LogP contribution in [0.1, 0.15) is 0 Å². The number of ether oxygens (including phenoxy) is 1. The second kappa shape index (κ2) is 2.90. The zero-order valence-corrected chi connectivity index (χ0v) is 6.75. The van der Waals surface area contributed by atoms with Gasteiger partial charge in [-0.15, -0.1) is 0 Å². The van der Waals surface area contributed by atoms with Crippen LogP contribution in [0.4, 0.5) is 4.39 Å². The normalized spacial score (nSPS) is 51.5. The van der Waals surface area contributed by atoms with Gasteiger partial charge in [0.1, 0.15) is 20.1 Å². The Kier molecular flexibility index (Phi) is 2.44. The van der Waals surface area contributed by atoms with Gasteiger partial charge in [0.25, 0.3) is 0 Å². The highest BCUT2D eigenvalue weighted by Gasteiger charge is 2.53. The van der Waals surface area contributed by atoms with Crippen molar-refractivity contribution < 1.29 is 19.3 Å². The van der Waals surface area contributed by atoms with E-state index in [9.17, 15) is 4.39 Å². The molecule has 0 radical (unpaired) electrons. The van der Waals surface area contributed by atoms with E-state index in [0.717, 1.165) is 0 Å². The molecule has 0 aromatic heterocycles. The fourth-order valence-corrected chi connectivity index (χ4v) is 1.25. The van der Waals surface area contributed by atoms with Gasteiger partial charge >= 0.3 is 0 Å². The molecule has 11 heavy (non-hydrogen) atoms. The van der Waals surface area contributed by atoms with E-state index in [1.54, 1.807) is 0 Å². The van der Waals surface area contributed by atoms with Crippen LogP contribution in [-0.4, -0.2) is 48.0 Å². The van der Waals surface area contributed by atoms with E-state index in [2.05, 4.69) is 0 Å². The minimum atomic E-state index is -2.27. The third kappa shape index (κ3) is 1.38. The average Bonchev–Trinajstić information content (AvgIpc) is 2.14. The fraction of sp³-hybridized carbons (Fsp3) is 1.00. The van der Waals surface area contributed by atoms with E-state index in [4.69, 9.17) is 26.6 Å². The summed E-state index contributed by atoms with van der Waals surface area (Å²) in [6.45, 7) is -0.427. The quantitative estimate of drug-likeness (QED) is 0.387. The lowest BCUT2D eigenvalue weighted by molar-refractivity contribution is -0.00685. The van der Waals surface area contributed by atoms with Crippen LogP contribution in [0.15, 0.2) is 0 Å². The van der Waals surface area contributed by atoms with Gasteiger partial charge in [0.05, 0.1) is 12.6 Å². The molecule has 0 bridgehead atoms. The van der Waals surface area contributed by atoms with E-state index in [1.165, 1.54) is 7.85 Å². The van der Waals surface area contributed by atoms with Gasteiger partial charge in [0.15, 0.2) is 0 Å². The Morgan fingerprint density at radius 2 is 2.27 bits per heavy atom. The zero-order chi connectivity index (χ0) is 8.65. The topological polar surface area (TPSA) is 49.7 Å². The first kappa shape index (κ1) is 9.25. The summed E-state index contributed by atoms with van der Waals surface area (Å²) in [5.74, 6) is 0. The number of aliphatic hydroxyl groups is 2. The maximum absolute atomic E-state index is 13.1. The Hall–Kier alpha value is 0.165. The molecule has 0 amide bonds. The molecule has 1 heterocycles. The summed E-state index contributed by atoms with van der Waals surface area (Å²) in [4.78, 5) is 0. The molecule has 6 heteroatoms. The summed E-state index contributed by atoms with van der Waals surface area (Å²) >= 11 is 5.29. The summed E-state index contributed by atoms with van der Waals surface area (Å²) in [5, 5.41) is 15.4. The van der Waals surface area contributed by atoms with Crippen molar-refractivity contribution in [2.75, 3.05) is 6.61 Å². The van der Waals surface area contributed by atoms with Gasteiger partial charge in [0.2, 0.25) is 5.13 Å². The monoisotopic (exact) mass is 182 g/mol. The van der Waals surface area contributed by atoms with Crippen LogP contribution in [0.2, 0.25) is 0 Å². The summed E-state index contributed by atoms with van der Waals surface area (Å²) < 4.78 is 17.9. The van der Waals surface area contributed by atoms with Crippen LogP contribution in [0.3, 0.4) is 0 Å². The number of halogens is 2. The molecule has 0 aromatic carbocycles. The fourth-order valence-electron chi connectivity index (χ4n) is 1.06. The highest BCUT2D eigenvalue weighted by atomic mass is 35.5. The molecule has 1 aliphatic heterocycles. The van der Waals surface area contributed by atoms with Crippen molar-refractivity contribution in [3.05, 3.63) is 0 Å². The molecule has 1 fully saturated rings. The van der Waals surface area contributed by atoms with E-state index >= 15 is 0 Å². The zero-order valence-electron chi connectivity index (χ0n) is 6.00. The van der Waals surface area contributed by atoms with Crippen molar-refractivity contribution in [1.29, 1.82) is 0 Å². The third-order valence-corrected chi connectivity index (χ3v) is 2.38. The van der Waals surface area contributed by atoms with Gasteiger partial charge in [0, 0.05) is 0 Å². The molecule has 1 saturated heterocycles. The Morgan fingerprint density at radius 3 is 2.45 bits per heavy atom. The number of hydrogen-bond donors (Lipinski definition) is 2. The molecule has 4 atom stereocenters. The maximum Gasteiger partial charge on any atom is 0.229 e. The van der Waals surface area contributed by atoms with Crippen molar-refractivity contribution >= 4 is 19.4 Å². The molecular formula is C5H9BClFO3. The molecule has 2 N–H and O–H groups in total. The first-order valence-electron chi connectivity index (χ1n) is 3.32. The van der Waals surface area contributed by atoms with E-state index in [1.807, 2.05) is 0 Å². The van der Waals surface area contributed by atoms with Crippen LogP contribution in [0.5, 0.6) is 0 Å². The van der Waals surface area contributed by atoms with Gasteiger partial charge in [-0.2, -0.15) is 0 Å². The van der Waals surface area contributed by atoms with Gasteiger partial charge in [-0.05, 0) is 0 Å². The van der Waals surface area contributed by atoms with E-state index < -0.39 is 29.9 Å². The predicted molar refractivity (Wildman–Crippen MR) is 40.0 cm³/mol. The molecule has 0 saturated carbocycles. The molecule has 3 nitrogen and oxygen atoms in total. The van der Waals surface area contributed by atoms with Crippen LogP contribution < -0.4 is 0 Å². The lowest BCUT2D eigenvalue weighted by atomic mass is 9.93. The minimum Gasteiger partial charge on any atom is -0.394 e. The highest BCUT2D eigenvalue weighted by Crippen LogP contribution is 2.36. The van der Waals surface area contributed by atoms with Gasteiger partial charge in [-0.1, -0.05) is 11.6 Å². The minimum absolute atomic E-state index is 0.427. The number of aliphatic hydroxyl groups excluding tert-OH is 2. The Labute approximate surface area is 69.5 Å². The molecule has 1 rings (SSSR count). The smallest absolute Gasteiger partial charge is 0.229 e. The third-order valence-electron chi connectivity index (χ3n) is 1.85. The predicted octanol–water partition coefficient (Wildman–Crippen LogP) is -1.40. The van der Waals surface area contributed by atoms with Crippen molar-refractivity contribution in [3.8, 4) is 0 Å². The largest absolute Gasteiger partial charge is 0.394 e. The van der Waals surface area contributed by atoms with Gasteiger partial charge in [-0.25, -0.2) is 4.39 Å². The Morgan fingerprint density at radius 1 is 1.73 bits per heavy atom. The molecule has 0 aromatic rings. The second-order valence-corrected chi connectivity index (χ2v) is 3.20. The van der Waals surface area contributed by atoms with Crippen molar-refractivity contribution in [2.24, 2.45) is 0 Å². The first-order chi connectivity index (χ1) is 5.00. The Bertz CT molecular complexity index is 157. The van der Waals surface area contributed by atoms with Gasteiger partial charge in [-0.3, -0.25) is 0 Å². The van der Waals surface area contributed by atoms with Crippen LogP contribution in [0, 0.1) is 0 Å². The lowest BCUT2D eigenvalue weighted by Gasteiger charge is -2.17. The number of alkyl halides is 2. The lowest BCUT2D eigenvalue weighted by Crippen LogP contribution is -2.39. The molecule has 1 aliphatic rings. The summed E-state index contributed by atoms with van der Waals surface area (Å²) in [6.07, 6.45) is -2.36. The molecule has 64 valence electrons. The standard InChI is InChI=1S/C5H9BClFO3/c6-4-5(7,8)3(10)2(1-9)11-4/h2-4,9-10H,1,6H2/t2-,3-,4-,5-/m1/s1. The van der Waals surface area contributed by atoms with E-state index in [-0.39, 0.29) is 0 Å². The Balaban J connectivity index is 2.71.